The molecule has 1 heterocycles. The van der Waals surface area contributed by atoms with Gasteiger partial charge in [0.2, 0.25) is 0 Å². The Morgan fingerprint density at radius 3 is 2.87 bits per heavy atom. The minimum Gasteiger partial charge on any atom is -0.387 e. The van der Waals surface area contributed by atoms with Crippen LogP contribution in [0.3, 0.4) is 0 Å². The number of hydrogen-bond donors (Lipinski definition) is 1. The van der Waals surface area contributed by atoms with Gasteiger partial charge in [0.1, 0.15) is 0 Å². The van der Waals surface area contributed by atoms with Crippen LogP contribution < -0.4 is 0 Å². The van der Waals surface area contributed by atoms with Crippen LogP contribution in [0.2, 0.25) is 5.02 Å². The quantitative estimate of drug-likeness (QED) is 0.811. The van der Waals surface area contributed by atoms with E-state index in [1.807, 2.05) is 18.2 Å². The molecule has 1 aliphatic rings. The summed E-state index contributed by atoms with van der Waals surface area (Å²) in [5.74, 6) is 1.40. The van der Waals surface area contributed by atoms with Gasteiger partial charge in [-0.1, -0.05) is 37.6 Å². The molecule has 1 N–H and O–H groups in total. The first-order valence-corrected chi connectivity index (χ1v) is 6.61. The van der Waals surface area contributed by atoms with Gasteiger partial charge >= 0.3 is 0 Å². The van der Waals surface area contributed by atoms with Crippen LogP contribution >= 0.6 is 23.4 Å². The summed E-state index contributed by atoms with van der Waals surface area (Å²) in [5, 5.41) is 11.3. The summed E-state index contributed by atoms with van der Waals surface area (Å²) in [7, 11) is 0. The van der Waals surface area contributed by atoms with Crippen LogP contribution in [0.15, 0.2) is 18.2 Å². The fraction of sp³-hybridized carbons (Fsp3) is 0.500. The van der Waals surface area contributed by atoms with E-state index in [1.165, 1.54) is 0 Å². The highest BCUT2D eigenvalue weighted by atomic mass is 35.5. The maximum atomic E-state index is 10.2. The number of aliphatic hydroxyl groups is 1. The van der Waals surface area contributed by atoms with Crippen molar-refractivity contribution < 1.29 is 5.11 Å². The van der Waals surface area contributed by atoms with E-state index in [-0.39, 0.29) is 11.4 Å². The molecule has 0 aromatic heterocycles. The zero-order valence-corrected chi connectivity index (χ0v) is 10.5. The van der Waals surface area contributed by atoms with E-state index >= 15 is 0 Å². The number of hydrogen-bond acceptors (Lipinski definition) is 2. The zero-order valence-electron chi connectivity index (χ0n) is 8.90. The molecule has 0 aliphatic carbocycles. The monoisotopic (exact) mass is 242 g/mol. The van der Waals surface area contributed by atoms with E-state index in [2.05, 4.69) is 13.8 Å². The molecule has 0 bridgehead atoms. The Bertz CT molecular complexity index is 365. The van der Waals surface area contributed by atoms with Crippen molar-refractivity contribution in [2.75, 3.05) is 0 Å². The molecule has 2 unspecified atom stereocenters. The van der Waals surface area contributed by atoms with E-state index in [4.69, 9.17) is 11.6 Å². The van der Waals surface area contributed by atoms with Crippen molar-refractivity contribution in [1.29, 1.82) is 0 Å². The molecule has 15 heavy (non-hydrogen) atoms. The SMILES string of the molecule is CC(C)C1SCc2c(Cl)cccc2C1O. The minimum absolute atomic E-state index is 0.288. The minimum atomic E-state index is -0.377. The zero-order chi connectivity index (χ0) is 11.0. The van der Waals surface area contributed by atoms with Crippen molar-refractivity contribution >= 4 is 23.4 Å². The second-order valence-electron chi connectivity index (χ2n) is 4.27. The second-order valence-corrected chi connectivity index (χ2v) is 5.85. The average Bonchev–Trinajstić information content (AvgIpc) is 2.19. The average molecular weight is 243 g/mol. The fourth-order valence-corrected chi connectivity index (χ4v) is 3.73. The van der Waals surface area contributed by atoms with Gasteiger partial charge in [-0.2, -0.15) is 11.8 Å². The molecule has 2 rings (SSSR count). The highest BCUT2D eigenvalue weighted by Crippen LogP contribution is 2.43. The van der Waals surface area contributed by atoms with Crippen LogP contribution in [0.25, 0.3) is 0 Å². The fourth-order valence-electron chi connectivity index (χ4n) is 2.01. The normalized spacial score (nSPS) is 25.4. The Morgan fingerprint density at radius 2 is 2.20 bits per heavy atom. The van der Waals surface area contributed by atoms with E-state index in [9.17, 15) is 5.11 Å². The first kappa shape index (κ1) is 11.3. The molecule has 0 radical (unpaired) electrons. The maximum absolute atomic E-state index is 10.2. The van der Waals surface area contributed by atoms with Crippen molar-refractivity contribution in [2.45, 2.75) is 31.0 Å². The molecule has 1 nitrogen and oxygen atoms in total. The summed E-state index contributed by atoms with van der Waals surface area (Å²) in [4.78, 5) is 0. The van der Waals surface area contributed by atoms with Gasteiger partial charge in [-0.05, 0) is 23.1 Å². The standard InChI is InChI=1S/C12H15ClOS/c1-7(2)12-11(14)8-4-3-5-10(13)9(8)6-15-12/h3-5,7,11-12,14H,6H2,1-2H3. The van der Waals surface area contributed by atoms with Crippen molar-refractivity contribution in [2.24, 2.45) is 5.92 Å². The lowest BCUT2D eigenvalue weighted by molar-refractivity contribution is 0.156. The number of aliphatic hydroxyl groups excluding tert-OH is 1. The van der Waals surface area contributed by atoms with E-state index in [0.717, 1.165) is 21.9 Å². The van der Waals surface area contributed by atoms with Gasteiger partial charge in [0.05, 0.1) is 6.10 Å². The first-order valence-electron chi connectivity index (χ1n) is 5.18. The predicted molar refractivity (Wildman–Crippen MR) is 66.3 cm³/mol. The number of fused-ring (bicyclic) bond motifs is 1. The van der Waals surface area contributed by atoms with Gasteiger partial charge in [-0.15, -0.1) is 0 Å². The lowest BCUT2D eigenvalue weighted by atomic mass is 9.95. The van der Waals surface area contributed by atoms with E-state index < -0.39 is 0 Å². The van der Waals surface area contributed by atoms with Crippen molar-refractivity contribution in [3.8, 4) is 0 Å². The Kier molecular flexibility index (Phi) is 3.29. The molecule has 82 valence electrons. The van der Waals surface area contributed by atoms with Gasteiger partial charge < -0.3 is 5.11 Å². The number of rotatable bonds is 1. The summed E-state index contributed by atoms with van der Waals surface area (Å²) in [5.41, 5.74) is 2.12. The summed E-state index contributed by atoms with van der Waals surface area (Å²) in [6.07, 6.45) is -0.377. The molecule has 1 aromatic rings. The van der Waals surface area contributed by atoms with Crippen LogP contribution in [0.1, 0.15) is 31.1 Å². The van der Waals surface area contributed by atoms with Gasteiger partial charge in [0.15, 0.2) is 0 Å². The maximum Gasteiger partial charge on any atom is 0.0914 e. The van der Waals surface area contributed by atoms with Crippen molar-refractivity contribution in [3.63, 3.8) is 0 Å². The molecule has 1 aliphatic heterocycles. The highest BCUT2D eigenvalue weighted by molar-refractivity contribution is 7.99. The predicted octanol–water partition coefficient (Wildman–Crippen LogP) is 3.64. The van der Waals surface area contributed by atoms with Crippen molar-refractivity contribution in [1.82, 2.24) is 0 Å². The van der Waals surface area contributed by atoms with Crippen LogP contribution in [0.5, 0.6) is 0 Å². The van der Waals surface area contributed by atoms with E-state index in [0.29, 0.717) is 5.92 Å². The Hall–Kier alpha value is -0.180. The molecule has 0 fully saturated rings. The van der Waals surface area contributed by atoms with Gasteiger partial charge in [0, 0.05) is 16.0 Å². The van der Waals surface area contributed by atoms with Crippen LogP contribution in [0.4, 0.5) is 0 Å². The molecule has 0 spiro atoms. The summed E-state index contributed by atoms with van der Waals surface area (Å²) in [6.45, 7) is 4.30. The number of benzene rings is 1. The van der Waals surface area contributed by atoms with Crippen molar-refractivity contribution in [3.05, 3.63) is 34.3 Å². The third kappa shape index (κ3) is 2.03. The Morgan fingerprint density at radius 1 is 1.47 bits per heavy atom. The summed E-state index contributed by atoms with van der Waals surface area (Å²) < 4.78 is 0. The molecule has 2 atom stereocenters. The summed E-state index contributed by atoms with van der Waals surface area (Å²) in [6, 6.07) is 5.79. The van der Waals surface area contributed by atoms with Gasteiger partial charge in [-0.25, -0.2) is 0 Å². The molecule has 0 saturated carbocycles. The lowest BCUT2D eigenvalue weighted by Crippen LogP contribution is -2.25. The third-order valence-corrected chi connectivity index (χ3v) is 4.86. The largest absolute Gasteiger partial charge is 0.387 e. The molecule has 1 aromatic carbocycles. The third-order valence-electron chi connectivity index (χ3n) is 2.86. The number of thioether (sulfide) groups is 1. The van der Waals surface area contributed by atoms with Crippen LogP contribution in [-0.2, 0) is 5.75 Å². The lowest BCUT2D eigenvalue weighted by Gasteiger charge is -2.32. The van der Waals surface area contributed by atoms with E-state index in [1.54, 1.807) is 11.8 Å². The molecular weight excluding hydrogens is 228 g/mol. The molecule has 3 heteroatoms. The first-order chi connectivity index (χ1) is 7.11. The number of halogens is 1. The summed E-state index contributed by atoms with van der Waals surface area (Å²) >= 11 is 7.91. The van der Waals surface area contributed by atoms with Crippen LogP contribution in [-0.4, -0.2) is 10.4 Å². The molecule has 0 saturated heterocycles. The van der Waals surface area contributed by atoms with Gasteiger partial charge in [-0.3, -0.25) is 0 Å². The molecule has 0 amide bonds. The Labute approximate surface area is 99.8 Å². The Balaban J connectivity index is 2.38. The highest BCUT2D eigenvalue weighted by Gasteiger charge is 2.31. The second kappa shape index (κ2) is 4.36. The smallest absolute Gasteiger partial charge is 0.0914 e. The molecular formula is C12H15ClOS. The van der Waals surface area contributed by atoms with Crippen LogP contribution in [0, 0.1) is 5.92 Å². The van der Waals surface area contributed by atoms with Gasteiger partial charge in [0.25, 0.3) is 0 Å². The topological polar surface area (TPSA) is 20.2 Å².